The molecule has 1 aromatic heterocycles. The van der Waals surface area contributed by atoms with Gasteiger partial charge in [0.1, 0.15) is 0 Å². The van der Waals surface area contributed by atoms with E-state index in [-0.39, 0.29) is 5.91 Å². The number of amidine groups is 1. The molecule has 0 saturated carbocycles. The van der Waals surface area contributed by atoms with E-state index >= 15 is 0 Å². The number of aryl methyl sites for hydroxylation is 1. The number of amides is 1. The summed E-state index contributed by atoms with van der Waals surface area (Å²) in [5, 5.41) is 0.754. The van der Waals surface area contributed by atoms with Crippen LogP contribution in [0.15, 0.2) is 22.0 Å². The molecule has 0 aliphatic carbocycles. The molecule has 0 N–H and O–H groups in total. The molecular weight excluding hydrogens is 240 g/mol. The van der Waals surface area contributed by atoms with E-state index in [1.54, 1.807) is 30.3 Å². The second kappa shape index (κ2) is 4.43. The van der Waals surface area contributed by atoms with E-state index in [9.17, 15) is 4.79 Å². The maximum Gasteiger partial charge on any atom is 0.266 e. The Labute approximate surface area is 103 Å². The maximum absolute atomic E-state index is 11.8. The highest BCUT2D eigenvalue weighted by Crippen LogP contribution is 2.32. The summed E-state index contributed by atoms with van der Waals surface area (Å²) in [5.41, 5.74) is 0. The van der Waals surface area contributed by atoms with Crippen molar-refractivity contribution in [2.75, 3.05) is 14.1 Å². The van der Waals surface area contributed by atoms with Crippen molar-refractivity contribution in [2.24, 2.45) is 4.99 Å². The molecule has 5 heteroatoms. The van der Waals surface area contributed by atoms with Gasteiger partial charge in [-0.2, -0.15) is 0 Å². The zero-order valence-electron chi connectivity index (χ0n) is 9.35. The summed E-state index contributed by atoms with van der Waals surface area (Å²) in [6.07, 6.45) is 1.93. The molecule has 0 bridgehead atoms. The van der Waals surface area contributed by atoms with E-state index in [2.05, 4.69) is 18.0 Å². The topological polar surface area (TPSA) is 32.7 Å². The number of carbonyl (C=O) groups is 1. The number of hydrogen-bond acceptors (Lipinski definition) is 4. The molecule has 0 aromatic carbocycles. The third-order valence-corrected chi connectivity index (χ3v) is 4.33. The Kier molecular flexibility index (Phi) is 3.16. The Hall–Kier alpha value is -1.07. The molecule has 1 aromatic rings. The SMILES string of the molecule is CN=C1S/C(=C\c2ccc(C)s2)C(=O)N1C. The maximum atomic E-state index is 11.8. The molecule has 2 heterocycles. The number of nitrogens with zero attached hydrogens (tertiary/aromatic N) is 2. The van der Waals surface area contributed by atoms with Gasteiger partial charge < -0.3 is 0 Å². The van der Waals surface area contributed by atoms with Crippen LogP contribution in [-0.4, -0.2) is 30.1 Å². The van der Waals surface area contributed by atoms with E-state index in [4.69, 9.17) is 0 Å². The minimum absolute atomic E-state index is 0.0247. The lowest BCUT2D eigenvalue weighted by Gasteiger charge is -2.04. The summed E-state index contributed by atoms with van der Waals surface area (Å²) in [5.74, 6) is 0.0247. The van der Waals surface area contributed by atoms with Gasteiger partial charge in [-0.1, -0.05) is 0 Å². The highest BCUT2D eigenvalue weighted by atomic mass is 32.2. The molecule has 1 aliphatic rings. The van der Waals surface area contributed by atoms with Gasteiger partial charge in [-0.25, -0.2) is 0 Å². The molecule has 84 valence electrons. The first-order valence-corrected chi connectivity index (χ1v) is 6.46. The molecular formula is C11H12N2OS2. The molecule has 16 heavy (non-hydrogen) atoms. The van der Waals surface area contributed by atoms with Crippen LogP contribution in [0.3, 0.4) is 0 Å². The number of thiophene rings is 1. The average Bonchev–Trinajstić information content (AvgIpc) is 2.78. The summed E-state index contributed by atoms with van der Waals surface area (Å²) in [4.78, 5) is 20.6. The highest BCUT2D eigenvalue weighted by Gasteiger charge is 2.29. The van der Waals surface area contributed by atoms with E-state index in [1.807, 2.05) is 12.1 Å². The predicted octanol–water partition coefficient (Wildman–Crippen LogP) is 2.59. The molecule has 0 spiro atoms. The molecule has 0 atom stereocenters. The zero-order valence-corrected chi connectivity index (χ0v) is 11.0. The fraction of sp³-hybridized carbons (Fsp3) is 0.273. The minimum Gasteiger partial charge on any atom is -0.290 e. The normalized spacial score (nSPS) is 21.4. The van der Waals surface area contributed by atoms with Gasteiger partial charge in [0.2, 0.25) is 0 Å². The van der Waals surface area contributed by atoms with Crippen molar-refractivity contribution in [1.29, 1.82) is 0 Å². The van der Waals surface area contributed by atoms with Crippen molar-refractivity contribution in [3.63, 3.8) is 0 Å². The van der Waals surface area contributed by atoms with Crippen LogP contribution >= 0.6 is 23.1 Å². The van der Waals surface area contributed by atoms with Crippen LogP contribution < -0.4 is 0 Å². The zero-order chi connectivity index (χ0) is 11.7. The molecule has 0 unspecified atom stereocenters. The molecule has 1 fully saturated rings. The smallest absolute Gasteiger partial charge is 0.266 e. The summed E-state index contributed by atoms with van der Waals surface area (Å²) in [7, 11) is 3.45. The van der Waals surface area contributed by atoms with Crippen molar-refractivity contribution in [3.8, 4) is 0 Å². The fourth-order valence-electron chi connectivity index (χ4n) is 1.41. The van der Waals surface area contributed by atoms with E-state index in [1.165, 1.54) is 16.6 Å². The quantitative estimate of drug-likeness (QED) is 0.720. The molecule has 2 rings (SSSR count). The molecule has 0 radical (unpaired) electrons. The van der Waals surface area contributed by atoms with Gasteiger partial charge in [-0.3, -0.25) is 14.7 Å². The average molecular weight is 252 g/mol. The van der Waals surface area contributed by atoms with Gasteiger partial charge in [0, 0.05) is 23.8 Å². The lowest BCUT2D eigenvalue weighted by atomic mass is 10.4. The highest BCUT2D eigenvalue weighted by molar-refractivity contribution is 8.18. The lowest BCUT2D eigenvalue weighted by molar-refractivity contribution is -0.121. The Morgan fingerprint density at radius 2 is 2.19 bits per heavy atom. The van der Waals surface area contributed by atoms with Gasteiger partial charge >= 0.3 is 0 Å². The first-order chi connectivity index (χ1) is 7.61. The van der Waals surface area contributed by atoms with Gasteiger partial charge in [0.05, 0.1) is 4.91 Å². The Morgan fingerprint density at radius 1 is 1.44 bits per heavy atom. The van der Waals surface area contributed by atoms with Crippen LogP contribution in [0.5, 0.6) is 0 Å². The van der Waals surface area contributed by atoms with E-state index in [0.717, 1.165) is 14.9 Å². The van der Waals surface area contributed by atoms with Gasteiger partial charge in [0.25, 0.3) is 5.91 Å². The van der Waals surface area contributed by atoms with E-state index in [0.29, 0.717) is 0 Å². The second-order valence-electron chi connectivity index (χ2n) is 3.43. The monoisotopic (exact) mass is 252 g/mol. The third-order valence-electron chi connectivity index (χ3n) is 2.23. The van der Waals surface area contributed by atoms with Crippen LogP contribution in [0.25, 0.3) is 6.08 Å². The van der Waals surface area contributed by atoms with Crippen LogP contribution in [0.4, 0.5) is 0 Å². The van der Waals surface area contributed by atoms with Gasteiger partial charge in [0.15, 0.2) is 5.17 Å². The van der Waals surface area contributed by atoms with Crippen molar-refractivity contribution >= 4 is 40.2 Å². The minimum atomic E-state index is 0.0247. The summed E-state index contributed by atoms with van der Waals surface area (Å²) in [6, 6.07) is 4.08. The standard InChI is InChI=1S/C11H12N2OS2/c1-7-4-5-8(15-7)6-9-10(14)13(3)11(12-2)16-9/h4-6H,1-3H3/b9-6-,12-11?. The lowest BCUT2D eigenvalue weighted by Crippen LogP contribution is -2.23. The van der Waals surface area contributed by atoms with Crippen LogP contribution in [0, 0.1) is 6.92 Å². The number of hydrogen-bond donors (Lipinski definition) is 0. The molecule has 1 aliphatic heterocycles. The summed E-state index contributed by atoms with van der Waals surface area (Å²) in [6.45, 7) is 2.06. The van der Waals surface area contributed by atoms with Crippen molar-refractivity contribution in [1.82, 2.24) is 4.90 Å². The first-order valence-electron chi connectivity index (χ1n) is 4.82. The second-order valence-corrected chi connectivity index (χ2v) is 5.76. The van der Waals surface area contributed by atoms with Crippen LogP contribution in [0.2, 0.25) is 0 Å². The number of aliphatic imine (C=N–C) groups is 1. The van der Waals surface area contributed by atoms with Crippen LogP contribution in [-0.2, 0) is 4.79 Å². The number of likely N-dealkylation sites (N-methyl/N-ethyl adjacent to an activating group) is 1. The first kappa shape index (κ1) is 11.4. The number of thioether (sulfide) groups is 1. The summed E-state index contributed by atoms with van der Waals surface area (Å²) < 4.78 is 0. The van der Waals surface area contributed by atoms with Crippen molar-refractivity contribution in [2.45, 2.75) is 6.92 Å². The third kappa shape index (κ3) is 2.05. The van der Waals surface area contributed by atoms with Gasteiger partial charge in [-0.15, -0.1) is 11.3 Å². The van der Waals surface area contributed by atoms with E-state index < -0.39 is 0 Å². The Balaban J connectivity index is 2.30. The fourth-order valence-corrected chi connectivity index (χ4v) is 3.22. The van der Waals surface area contributed by atoms with Crippen molar-refractivity contribution in [3.05, 3.63) is 26.8 Å². The Bertz CT molecular complexity index is 488. The predicted molar refractivity (Wildman–Crippen MR) is 70.8 cm³/mol. The summed E-state index contributed by atoms with van der Waals surface area (Å²) >= 11 is 3.11. The largest absolute Gasteiger partial charge is 0.290 e. The number of carbonyl (C=O) groups excluding carboxylic acids is 1. The molecule has 1 saturated heterocycles. The Morgan fingerprint density at radius 3 is 2.69 bits per heavy atom. The van der Waals surface area contributed by atoms with Crippen LogP contribution in [0.1, 0.15) is 9.75 Å². The number of rotatable bonds is 1. The van der Waals surface area contributed by atoms with Gasteiger partial charge in [-0.05, 0) is 36.9 Å². The molecule has 3 nitrogen and oxygen atoms in total. The van der Waals surface area contributed by atoms with Crippen molar-refractivity contribution < 1.29 is 4.79 Å². The molecule has 1 amide bonds.